The molecule has 0 amide bonds. The van der Waals surface area contributed by atoms with Crippen molar-refractivity contribution in [2.45, 2.75) is 26.4 Å². The van der Waals surface area contributed by atoms with Crippen LogP contribution in [0.2, 0.25) is 0 Å². The Balaban J connectivity index is 2.24. The van der Waals surface area contributed by atoms with E-state index in [1.165, 1.54) is 0 Å². The Bertz CT molecular complexity index is 431. The number of carboxylic acids is 1. The molecule has 1 atom stereocenters. The second-order valence-electron chi connectivity index (χ2n) is 4.44. The number of ether oxygens (including phenoxy) is 1. The van der Waals surface area contributed by atoms with Gasteiger partial charge in [-0.3, -0.25) is 9.69 Å². The van der Waals surface area contributed by atoms with Gasteiger partial charge in [0.2, 0.25) is 0 Å². The summed E-state index contributed by atoms with van der Waals surface area (Å²) in [4.78, 5) is 12.9. The molecule has 1 aliphatic rings. The normalized spacial score (nSPS) is 17.8. The Kier molecular flexibility index (Phi) is 3.33. The number of aryl methyl sites for hydroxylation is 1. The zero-order valence-electron chi connectivity index (χ0n) is 10.1. The molecule has 1 unspecified atom stereocenters. The van der Waals surface area contributed by atoms with Crippen LogP contribution in [0.15, 0.2) is 18.2 Å². The summed E-state index contributed by atoms with van der Waals surface area (Å²) < 4.78 is 5.63. The van der Waals surface area contributed by atoms with Crippen molar-refractivity contribution in [1.29, 1.82) is 0 Å². The minimum absolute atomic E-state index is 0.481. The van der Waals surface area contributed by atoms with E-state index in [4.69, 9.17) is 9.84 Å². The van der Waals surface area contributed by atoms with Crippen LogP contribution in [0.3, 0.4) is 0 Å². The number of carboxylic acid groups (broad SMARTS) is 1. The van der Waals surface area contributed by atoms with Crippen LogP contribution in [-0.2, 0) is 11.3 Å². The Morgan fingerprint density at radius 3 is 3.00 bits per heavy atom. The highest BCUT2D eigenvalue weighted by molar-refractivity contribution is 5.72. The predicted octanol–water partition coefficient (Wildman–Crippen LogP) is 1.66. The quantitative estimate of drug-likeness (QED) is 0.847. The second-order valence-corrected chi connectivity index (χ2v) is 4.44. The molecule has 1 N–H and O–H groups in total. The zero-order chi connectivity index (χ0) is 12.4. The summed E-state index contributed by atoms with van der Waals surface area (Å²) in [7, 11) is 0. The largest absolute Gasteiger partial charge is 0.492 e. The first-order valence-electron chi connectivity index (χ1n) is 5.77. The lowest BCUT2D eigenvalue weighted by Crippen LogP contribution is -2.39. The molecule has 2 rings (SSSR count). The van der Waals surface area contributed by atoms with Crippen LogP contribution in [0.25, 0.3) is 0 Å². The summed E-state index contributed by atoms with van der Waals surface area (Å²) in [6.07, 6.45) is 0. The smallest absolute Gasteiger partial charge is 0.320 e. The van der Waals surface area contributed by atoms with Crippen LogP contribution in [-0.4, -0.2) is 35.2 Å². The van der Waals surface area contributed by atoms with E-state index < -0.39 is 12.0 Å². The minimum Gasteiger partial charge on any atom is -0.492 e. The molecule has 0 saturated heterocycles. The van der Waals surface area contributed by atoms with Crippen LogP contribution >= 0.6 is 0 Å². The summed E-state index contributed by atoms with van der Waals surface area (Å²) in [5, 5.41) is 9.05. The lowest BCUT2D eigenvalue weighted by atomic mass is 10.1. The van der Waals surface area contributed by atoms with E-state index in [9.17, 15) is 4.79 Å². The van der Waals surface area contributed by atoms with Gasteiger partial charge >= 0.3 is 5.97 Å². The van der Waals surface area contributed by atoms with Crippen LogP contribution in [0.4, 0.5) is 0 Å². The third-order valence-electron chi connectivity index (χ3n) is 3.13. The molecular formula is C13H17NO3. The number of hydrogen-bond donors (Lipinski definition) is 1. The number of rotatable bonds is 2. The zero-order valence-corrected chi connectivity index (χ0v) is 10.1. The van der Waals surface area contributed by atoms with E-state index in [-0.39, 0.29) is 0 Å². The van der Waals surface area contributed by atoms with E-state index in [1.54, 1.807) is 6.92 Å². The van der Waals surface area contributed by atoms with E-state index >= 15 is 0 Å². The molecule has 0 saturated carbocycles. The van der Waals surface area contributed by atoms with Gasteiger partial charge in [0.05, 0.1) is 0 Å². The number of nitrogens with zero attached hydrogens (tertiary/aromatic N) is 1. The summed E-state index contributed by atoms with van der Waals surface area (Å²) in [5.41, 5.74) is 2.23. The predicted molar refractivity (Wildman–Crippen MR) is 64.2 cm³/mol. The average molecular weight is 235 g/mol. The molecule has 0 fully saturated rings. The molecule has 0 spiro atoms. The Hall–Kier alpha value is -1.55. The standard InChI is InChI=1S/C13H17NO3/c1-9-3-4-12-11(7-9)8-14(5-6-17-12)10(2)13(15)16/h3-4,7,10H,5-6,8H2,1-2H3,(H,15,16). The van der Waals surface area contributed by atoms with Gasteiger partial charge in [-0.15, -0.1) is 0 Å². The summed E-state index contributed by atoms with van der Waals surface area (Å²) in [6.45, 7) is 5.54. The third-order valence-corrected chi connectivity index (χ3v) is 3.13. The van der Waals surface area contributed by atoms with Gasteiger partial charge in [-0.25, -0.2) is 0 Å². The van der Waals surface area contributed by atoms with Crippen molar-refractivity contribution in [3.8, 4) is 5.75 Å². The van der Waals surface area contributed by atoms with Gasteiger partial charge in [-0.2, -0.15) is 0 Å². The summed E-state index contributed by atoms with van der Waals surface area (Å²) in [5.74, 6) is 0.0804. The maximum absolute atomic E-state index is 11.0. The van der Waals surface area contributed by atoms with Gasteiger partial charge < -0.3 is 9.84 Å². The molecule has 92 valence electrons. The van der Waals surface area contributed by atoms with Crippen molar-refractivity contribution < 1.29 is 14.6 Å². The lowest BCUT2D eigenvalue weighted by molar-refractivity contribution is -0.142. The first-order chi connectivity index (χ1) is 8.08. The minimum atomic E-state index is -0.791. The van der Waals surface area contributed by atoms with Gasteiger partial charge in [0, 0.05) is 18.7 Å². The molecule has 0 aromatic heterocycles. The first-order valence-corrected chi connectivity index (χ1v) is 5.77. The van der Waals surface area contributed by atoms with Gasteiger partial charge in [-0.05, 0) is 19.9 Å². The number of benzene rings is 1. The highest BCUT2D eigenvalue weighted by atomic mass is 16.5. The lowest BCUT2D eigenvalue weighted by Gasteiger charge is -2.23. The SMILES string of the molecule is Cc1ccc2c(c1)CN(C(C)C(=O)O)CCO2. The van der Waals surface area contributed by atoms with Crippen LogP contribution < -0.4 is 4.74 Å². The molecule has 0 radical (unpaired) electrons. The maximum atomic E-state index is 11.0. The van der Waals surface area contributed by atoms with E-state index in [0.29, 0.717) is 19.7 Å². The number of hydrogen-bond acceptors (Lipinski definition) is 3. The molecule has 17 heavy (non-hydrogen) atoms. The van der Waals surface area contributed by atoms with Crippen molar-refractivity contribution >= 4 is 5.97 Å². The molecule has 1 heterocycles. The molecule has 0 bridgehead atoms. The van der Waals surface area contributed by atoms with Crippen molar-refractivity contribution in [2.24, 2.45) is 0 Å². The highest BCUT2D eigenvalue weighted by Crippen LogP contribution is 2.24. The fourth-order valence-electron chi connectivity index (χ4n) is 2.03. The van der Waals surface area contributed by atoms with Crippen molar-refractivity contribution in [2.75, 3.05) is 13.2 Å². The number of aliphatic carboxylic acids is 1. The Morgan fingerprint density at radius 1 is 1.53 bits per heavy atom. The highest BCUT2D eigenvalue weighted by Gasteiger charge is 2.24. The van der Waals surface area contributed by atoms with Crippen molar-refractivity contribution in [1.82, 2.24) is 4.90 Å². The van der Waals surface area contributed by atoms with Gasteiger partial charge in [-0.1, -0.05) is 17.7 Å². The van der Waals surface area contributed by atoms with Crippen LogP contribution in [0, 0.1) is 6.92 Å². The molecule has 1 aliphatic heterocycles. The van der Waals surface area contributed by atoms with Crippen LogP contribution in [0.5, 0.6) is 5.75 Å². The average Bonchev–Trinajstić information content (AvgIpc) is 2.49. The Morgan fingerprint density at radius 2 is 2.29 bits per heavy atom. The molecule has 4 nitrogen and oxygen atoms in total. The van der Waals surface area contributed by atoms with E-state index in [2.05, 4.69) is 6.07 Å². The fourth-order valence-corrected chi connectivity index (χ4v) is 2.03. The number of fused-ring (bicyclic) bond motifs is 1. The van der Waals surface area contributed by atoms with Gasteiger partial charge in [0.25, 0.3) is 0 Å². The van der Waals surface area contributed by atoms with Crippen molar-refractivity contribution in [3.63, 3.8) is 0 Å². The van der Waals surface area contributed by atoms with Crippen molar-refractivity contribution in [3.05, 3.63) is 29.3 Å². The first kappa shape index (κ1) is 11.9. The fraction of sp³-hybridized carbons (Fsp3) is 0.462. The van der Waals surface area contributed by atoms with E-state index in [0.717, 1.165) is 16.9 Å². The van der Waals surface area contributed by atoms with Gasteiger partial charge in [0.15, 0.2) is 0 Å². The third kappa shape index (κ3) is 2.58. The number of carbonyl (C=O) groups is 1. The molecule has 0 aliphatic carbocycles. The topological polar surface area (TPSA) is 49.8 Å². The molecule has 4 heteroatoms. The second kappa shape index (κ2) is 4.75. The van der Waals surface area contributed by atoms with Crippen LogP contribution in [0.1, 0.15) is 18.1 Å². The molecule has 1 aromatic carbocycles. The summed E-state index contributed by atoms with van der Waals surface area (Å²) >= 11 is 0. The monoisotopic (exact) mass is 235 g/mol. The summed E-state index contributed by atoms with van der Waals surface area (Å²) in [6, 6.07) is 5.54. The van der Waals surface area contributed by atoms with E-state index in [1.807, 2.05) is 24.0 Å². The van der Waals surface area contributed by atoms with Gasteiger partial charge in [0.1, 0.15) is 18.4 Å². The Labute approximate surface area is 101 Å². The molecule has 1 aromatic rings. The molecular weight excluding hydrogens is 218 g/mol. The maximum Gasteiger partial charge on any atom is 0.320 e.